The fraction of sp³-hybridized carbons (Fsp3) is 0.455. The molecule has 2 rings (SSSR count). The number of rotatable bonds is 2. The summed E-state index contributed by atoms with van der Waals surface area (Å²) in [7, 11) is 1.67. The van der Waals surface area contributed by atoms with Crippen LogP contribution in [0.25, 0.3) is 0 Å². The Bertz CT molecular complexity index is 356. The molecule has 1 aromatic carbocycles. The van der Waals surface area contributed by atoms with Crippen LogP contribution in [-0.2, 0) is 0 Å². The molecule has 4 heteroatoms. The number of hydrogen-bond acceptors (Lipinski definition) is 3. The van der Waals surface area contributed by atoms with Crippen LogP contribution in [0.4, 0.5) is 5.69 Å². The van der Waals surface area contributed by atoms with E-state index in [1.165, 1.54) is 0 Å². The lowest BCUT2D eigenvalue weighted by Crippen LogP contribution is -2.26. The molecule has 0 spiro atoms. The summed E-state index contributed by atoms with van der Waals surface area (Å²) in [6.45, 7) is 1.84. The first kappa shape index (κ1) is 10.6. The first-order valence-corrected chi connectivity index (χ1v) is 5.42. The highest BCUT2D eigenvalue weighted by molar-refractivity contribution is 6.30. The van der Waals surface area contributed by atoms with Crippen LogP contribution < -0.4 is 15.4 Å². The van der Waals surface area contributed by atoms with E-state index in [-0.39, 0.29) is 6.04 Å². The summed E-state index contributed by atoms with van der Waals surface area (Å²) >= 11 is 5.98. The Morgan fingerprint density at radius 3 is 2.93 bits per heavy atom. The molecule has 0 amide bonds. The number of methoxy groups -OCH3 is 1. The summed E-state index contributed by atoms with van der Waals surface area (Å²) in [4.78, 5) is 2.22. The molecule has 0 saturated carbocycles. The topological polar surface area (TPSA) is 38.5 Å². The van der Waals surface area contributed by atoms with Gasteiger partial charge in [-0.3, -0.25) is 0 Å². The van der Waals surface area contributed by atoms with Crippen molar-refractivity contribution in [3.63, 3.8) is 0 Å². The molecule has 82 valence electrons. The lowest BCUT2D eigenvalue weighted by Gasteiger charge is -2.21. The van der Waals surface area contributed by atoms with Gasteiger partial charge in [-0.1, -0.05) is 11.6 Å². The van der Waals surface area contributed by atoms with Gasteiger partial charge < -0.3 is 15.4 Å². The zero-order chi connectivity index (χ0) is 10.8. The molecule has 3 nitrogen and oxygen atoms in total. The van der Waals surface area contributed by atoms with Crippen LogP contribution in [0.1, 0.15) is 6.42 Å². The smallest absolute Gasteiger partial charge is 0.142 e. The van der Waals surface area contributed by atoms with Crippen molar-refractivity contribution in [3.8, 4) is 5.75 Å². The molecular formula is C11H15ClN2O. The highest BCUT2D eigenvalue weighted by Crippen LogP contribution is 2.32. The van der Waals surface area contributed by atoms with Crippen molar-refractivity contribution in [1.29, 1.82) is 0 Å². The van der Waals surface area contributed by atoms with E-state index in [1.807, 2.05) is 18.2 Å². The van der Waals surface area contributed by atoms with Crippen LogP contribution in [0.3, 0.4) is 0 Å². The van der Waals surface area contributed by atoms with Gasteiger partial charge in [0.25, 0.3) is 0 Å². The number of ether oxygens (including phenoxy) is 1. The first-order valence-electron chi connectivity index (χ1n) is 5.05. The molecule has 0 bridgehead atoms. The lowest BCUT2D eigenvalue weighted by molar-refractivity contribution is 0.415. The van der Waals surface area contributed by atoms with E-state index >= 15 is 0 Å². The molecule has 2 N–H and O–H groups in total. The average Bonchev–Trinajstić information content (AvgIpc) is 2.65. The molecule has 1 aliphatic rings. The Morgan fingerprint density at radius 2 is 2.33 bits per heavy atom. The van der Waals surface area contributed by atoms with Crippen LogP contribution in [0.5, 0.6) is 5.75 Å². The van der Waals surface area contributed by atoms with Crippen molar-refractivity contribution in [3.05, 3.63) is 23.2 Å². The van der Waals surface area contributed by atoms with Crippen LogP contribution in [0.15, 0.2) is 18.2 Å². The van der Waals surface area contributed by atoms with E-state index in [0.717, 1.165) is 36.0 Å². The Kier molecular flexibility index (Phi) is 3.03. The molecule has 0 aromatic heterocycles. The van der Waals surface area contributed by atoms with E-state index in [2.05, 4.69) is 4.90 Å². The Labute approximate surface area is 94.8 Å². The van der Waals surface area contributed by atoms with E-state index in [1.54, 1.807) is 7.11 Å². The second kappa shape index (κ2) is 4.29. The van der Waals surface area contributed by atoms with Crippen molar-refractivity contribution < 1.29 is 4.74 Å². The van der Waals surface area contributed by atoms with Crippen molar-refractivity contribution in [2.45, 2.75) is 12.5 Å². The number of benzene rings is 1. The summed E-state index contributed by atoms with van der Waals surface area (Å²) in [5.41, 5.74) is 6.92. The molecular weight excluding hydrogens is 212 g/mol. The van der Waals surface area contributed by atoms with Gasteiger partial charge in [-0.05, 0) is 24.6 Å². The van der Waals surface area contributed by atoms with E-state index in [4.69, 9.17) is 22.1 Å². The van der Waals surface area contributed by atoms with E-state index in [9.17, 15) is 0 Å². The maximum absolute atomic E-state index is 5.98. The van der Waals surface area contributed by atoms with Gasteiger partial charge in [-0.2, -0.15) is 0 Å². The summed E-state index contributed by atoms with van der Waals surface area (Å²) in [5.74, 6) is 0.855. The number of nitrogens with two attached hydrogens (primary N) is 1. The second-order valence-electron chi connectivity index (χ2n) is 3.81. The molecule has 1 aliphatic heterocycles. The van der Waals surface area contributed by atoms with Crippen molar-refractivity contribution >= 4 is 17.3 Å². The fourth-order valence-electron chi connectivity index (χ4n) is 1.92. The molecule has 1 heterocycles. The predicted octanol–water partition coefficient (Wildman–Crippen LogP) is 1.89. The van der Waals surface area contributed by atoms with Gasteiger partial charge in [0.2, 0.25) is 0 Å². The summed E-state index contributed by atoms with van der Waals surface area (Å²) in [6, 6.07) is 5.91. The molecule has 0 radical (unpaired) electrons. The summed E-state index contributed by atoms with van der Waals surface area (Å²) < 4.78 is 5.31. The van der Waals surface area contributed by atoms with Gasteiger partial charge in [0.15, 0.2) is 0 Å². The Morgan fingerprint density at radius 1 is 1.53 bits per heavy atom. The van der Waals surface area contributed by atoms with Crippen LogP contribution >= 0.6 is 11.6 Å². The molecule has 15 heavy (non-hydrogen) atoms. The molecule has 1 saturated heterocycles. The second-order valence-corrected chi connectivity index (χ2v) is 4.25. The standard InChI is InChI=1S/C11H15ClN2O/c1-15-11-3-2-8(12)6-10(11)14-5-4-9(13)7-14/h2-3,6,9H,4-5,7,13H2,1H3. The van der Waals surface area contributed by atoms with Gasteiger partial charge in [0.1, 0.15) is 5.75 Å². The summed E-state index contributed by atoms with van der Waals surface area (Å²) in [5, 5.41) is 0.728. The molecule has 1 fully saturated rings. The quantitative estimate of drug-likeness (QED) is 0.837. The van der Waals surface area contributed by atoms with Crippen molar-refractivity contribution in [2.75, 3.05) is 25.1 Å². The number of anilines is 1. The highest BCUT2D eigenvalue weighted by atomic mass is 35.5. The van der Waals surface area contributed by atoms with Gasteiger partial charge in [-0.15, -0.1) is 0 Å². The maximum atomic E-state index is 5.98. The van der Waals surface area contributed by atoms with Crippen LogP contribution in [-0.4, -0.2) is 26.2 Å². The fourth-order valence-corrected chi connectivity index (χ4v) is 2.08. The predicted molar refractivity (Wildman–Crippen MR) is 62.8 cm³/mol. The molecule has 1 aromatic rings. The minimum Gasteiger partial charge on any atom is -0.495 e. The van der Waals surface area contributed by atoms with Crippen LogP contribution in [0.2, 0.25) is 5.02 Å². The monoisotopic (exact) mass is 226 g/mol. The zero-order valence-corrected chi connectivity index (χ0v) is 9.50. The van der Waals surface area contributed by atoms with Gasteiger partial charge in [0.05, 0.1) is 12.8 Å². The summed E-state index contributed by atoms with van der Waals surface area (Å²) in [6.07, 6.45) is 1.02. The number of hydrogen-bond donors (Lipinski definition) is 1. The van der Waals surface area contributed by atoms with Gasteiger partial charge in [-0.25, -0.2) is 0 Å². The minimum atomic E-state index is 0.258. The van der Waals surface area contributed by atoms with Gasteiger partial charge in [0, 0.05) is 24.2 Å². The zero-order valence-electron chi connectivity index (χ0n) is 8.74. The largest absolute Gasteiger partial charge is 0.495 e. The van der Waals surface area contributed by atoms with E-state index in [0.29, 0.717) is 0 Å². The van der Waals surface area contributed by atoms with E-state index < -0.39 is 0 Å². The highest BCUT2D eigenvalue weighted by Gasteiger charge is 2.21. The van der Waals surface area contributed by atoms with Crippen molar-refractivity contribution in [2.24, 2.45) is 5.73 Å². The maximum Gasteiger partial charge on any atom is 0.142 e. The molecule has 1 unspecified atom stereocenters. The SMILES string of the molecule is COc1ccc(Cl)cc1N1CCC(N)C1. The Balaban J connectivity index is 2.29. The minimum absolute atomic E-state index is 0.258. The molecule has 1 atom stereocenters. The van der Waals surface area contributed by atoms with Crippen molar-refractivity contribution in [1.82, 2.24) is 0 Å². The van der Waals surface area contributed by atoms with Crippen LogP contribution in [0, 0.1) is 0 Å². The molecule has 0 aliphatic carbocycles. The first-order chi connectivity index (χ1) is 7.20. The Hall–Kier alpha value is -0.930. The third-order valence-electron chi connectivity index (χ3n) is 2.71. The average molecular weight is 227 g/mol. The normalized spacial score (nSPS) is 20.7. The third-order valence-corrected chi connectivity index (χ3v) is 2.94. The number of nitrogens with zero attached hydrogens (tertiary/aromatic N) is 1. The van der Waals surface area contributed by atoms with Gasteiger partial charge >= 0.3 is 0 Å². The lowest BCUT2D eigenvalue weighted by atomic mass is 10.2. The number of halogens is 1. The third kappa shape index (κ3) is 2.19.